The third-order valence-corrected chi connectivity index (χ3v) is 5.98. The number of hydrogen-bond donors (Lipinski definition) is 0. The number of carbonyl (C=O) groups is 1. The summed E-state index contributed by atoms with van der Waals surface area (Å²) in [5, 5.41) is 4.37. The van der Waals surface area contributed by atoms with Crippen LogP contribution in [0, 0.1) is 6.92 Å². The fourth-order valence-corrected chi connectivity index (χ4v) is 4.86. The molecule has 1 fully saturated rings. The molecule has 2 aromatic heterocycles. The topological polar surface area (TPSA) is 38.1 Å². The minimum Gasteiger partial charge on any atom is -0.333 e. The molecule has 1 aliphatic heterocycles. The molecule has 4 nitrogen and oxygen atoms in total. The lowest BCUT2D eigenvalue weighted by Gasteiger charge is -2.24. The van der Waals surface area contributed by atoms with E-state index in [-0.39, 0.29) is 11.9 Å². The molecule has 0 aromatic carbocycles. The molecule has 1 unspecified atom stereocenters. The van der Waals surface area contributed by atoms with Crippen LogP contribution in [-0.4, -0.2) is 33.2 Å². The van der Waals surface area contributed by atoms with Crippen LogP contribution >= 0.6 is 11.3 Å². The number of amides is 1. The van der Waals surface area contributed by atoms with Crippen molar-refractivity contribution in [2.24, 2.45) is 0 Å². The van der Waals surface area contributed by atoms with Crippen LogP contribution in [0.5, 0.6) is 0 Å². The van der Waals surface area contributed by atoms with Gasteiger partial charge in [-0.25, -0.2) is 0 Å². The van der Waals surface area contributed by atoms with Crippen LogP contribution in [0.25, 0.3) is 0 Å². The molecule has 1 aliphatic carbocycles. The summed E-state index contributed by atoms with van der Waals surface area (Å²) < 4.78 is 1.97. The first-order chi connectivity index (χ1) is 10.7. The first-order valence-electron chi connectivity index (χ1n) is 8.12. The Morgan fingerprint density at radius 2 is 2.32 bits per heavy atom. The summed E-state index contributed by atoms with van der Waals surface area (Å²) in [6.07, 6.45) is 9.67. The van der Waals surface area contributed by atoms with Crippen molar-refractivity contribution in [2.75, 3.05) is 6.54 Å². The summed E-state index contributed by atoms with van der Waals surface area (Å²) in [4.78, 5) is 17.3. The predicted molar refractivity (Wildman–Crippen MR) is 87.4 cm³/mol. The molecule has 1 atom stereocenters. The van der Waals surface area contributed by atoms with E-state index in [0.717, 1.165) is 43.6 Å². The van der Waals surface area contributed by atoms with Crippen LogP contribution < -0.4 is 0 Å². The molecule has 1 amide bonds. The molecule has 1 saturated heterocycles. The van der Waals surface area contributed by atoms with Crippen molar-refractivity contribution in [1.29, 1.82) is 0 Å². The lowest BCUT2D eigenvalue weighted by molar-refractivity contribution is 0.0726. The van der Waals surface area contributed by atoms with Crippen molar-refractivity contribution in [1.82, 2.24) is 14.7 Å². The van der Waals surface area contributed by atoms with Gasteiger partial charge in [0.25, 0.3) is 5.91 Å². The number of hydrogen-bond acceptors (Lipinski definition) is 3. The molecule has 0 radical (unpaired) electrons. The van der Waals surface area contributed by atoms with E-state index in [2.05, 4.69) is 22.3 Å². The molecule has 116 valence electrons. The van der Waals surface area contributed by atoms with Gasteiger partial charge >= 0.3 is 0 Å². The van der Waals surface area contributed by atoms with Crippen LogP contribution in [0.2, 0.25) is 0 Å². The maximum Gasteiger partial charge on any atom is 0.264 e. The maximum atomic E-state index is 12.9. The maximum absolute atomic E-state index is 12.9. The van der Waals surface area contributed by atoms with Gasteiger partial charge in [0.15, 0.2) is 0 Å². The number of aromatic nitrogens is 2. The summed E-state index contributed by atoms with van der Waals surface area (Å²) in [6.45, 7) is 3.74. The van der Waals surface area contributed by atoms with E-state index >= 15 is 0 Å². The highest BCUT2D eigenvalue weighted by atomic mass is 32.1. The van der Waals surface area contributed by atoms with Crippen LogP contribution in [0.3, 0.4) is 0 Å². The molecule has 5 heteroatoms. The number of aryl methyl sites for hydroxylation is 3. The Balaban J connectivity index is 1.51. The summed E-state index contributed by atoms with van der Waals surface area (Å²) in [6, 6.07) is 2.42. The van der Waals surface area contributed by atoms with Gasteiger partial charge in [-0.3, -0.25) is 9.48 Å². The van der Waals surface area contributed by atoms with Crippen LogP contribution in [0.15, 0.2) is 18.5 Å². The second-order valence-corrected chi connectivity index (χ2v) is 7.58. The minimum atomic E-state index is 0.228. The lowest BCUT2D eigenvalue weighted by atomic mass is 10.2. The zero-order chi connectivity index (χ0) is 15.1. The summed E-state index contributed by atoms with van der Waals surface area (Å²) in [5.41, 5.74) is 2.58. The van der Waals surface area contributed by atoms with Crippen molar-refractivity contribution in [2.45, 2.75) is 51.6 Å². The highest BCUT2D eigenvalue weighted by Gasteiger charge is 2.31. The molecule has 3 heterocycles. The summed E-state index contributed by atoms with van der Waals surface area (Å²) in [7, 11) is 0. The van der Waals surface area contributed by atoms with E-state index in [4.69, 9.17) is 0 Å². The second-order valence-electron chi connectivity index (χ2n) is 6.45. The standard InChI is InChI=1S/C17H21N3OS/c1-12-9-18-19(10-12)11-14-5-3-7-20(14)17(21)16-8-13-4-2-6-15(13)22-16/h8-10,14H,2-7,11H2,1H3. The second kappa shape index (κ2) is 5.54. The Labute approximate surface area is 134 Å². The molecule has 2 aromatic rings. The highest BCUT2D eigenvalue weighted by molar-refractivity contribution is 7.14. The molecule has 0 spiro atoms. The van der Waals surface area contributed by atoms with E-state index in [1.54, 1.807) is 11.3 Å². The summed E-state index contributed by atoms with van der Waals surface area (Å²) >= 11 is 1.72. The largest absolute Gasteiger partial charge is 0.333 e. The average Bonchev–Trinajstić information content (AvgIpc) is 3.22. The predicted octanol–water partition coefficient (Wildman–Crippen LogP) is 3.05. The molecule has 0 N–H and O–H groups in total. The molecular weight excluding hydrogens is 294 g/mol. The fraction of sp³-hybridized carbons (Fsp3) is 0.529. The van der Waals surface area contributed by atoms with Gasteiger partial charge in [-0.15, -0.1) is 11.3 Å². The molecule has 4 rings (SSSR count). The van der Waals surface area contributed by atoms with Gasteiger partial charge in [0.2, 0.25) is 0 Å². The minimum absolute atomic E-state index is 0.228. The number of likely N-dealkylation sites (tertiary alicyclic amines) is 1. The third-order valence-electron chi connectivity index (χ3n) is 4.76. The Kier molecular flexibility index (Phi) is 3.53. The number of nitrogens with zero attached hydrogens (tertiary/aromatic N) is 3. The van der Waals surface area contributed by atoms with Crippen molar-refractivity contribution < 1.29 is 4.79 Å². The molecule has 0 bridgehead atoms. The first kappa shape index (κ1) is 14.0. The van der Waals surface area contributed by atoms with Gasteiger partial charge in [-0.2, -0.15) is 5.10 Å². The Morgan fingerprint density at radius 3 is 3.09 bits per heavy atom. The van der Waals surface area contributed by atoms with Gasteiger partial charge < -0.3 is 4.90 Å². The van der Waals surface area contributed by atoms with Crippen molar-refractivity contribution >= 4 is 17.2 Å². The van der Waals surface area contributed by atoms with Crippen LogP contribution in [-0.2, 0) is 19.4 Å². The normalized spacial score (nSPS) is 20.6. The average molecular weight is 315 g/mol. The van der Waals surface area contributed by atoms with E-state index in [0.29, 0.717) is 0 Å². The number of rotatable bonds is 3. The van der Waals surface area contributed by atoms with E-state index in [1.165, 1.54) is 22.4 Å². The van der Waals surface area contributed by atoms with E-state index in [9.17, 15) is 4.79 Å². The third kappa shape index (κ3) is 2.47. The van der Waals surface area contributed by atoms with Crippen molar-refractivity contribution in [3.8, 4) is 0 Å². The molecule has 0 saturated carbocycles. The van der Waals surface area contributed by atoms with Gasteiger partial charge in [-0.1, -0.05) is 0 Å². The number of fused-ring (bicyclic) bond motifs is 1. The van der Waals surface area contributed by atoms with Gasteiger partial charge in [0, 0.05) is 17.6 Å². The van der Waals surface area contributed by atoms with Gasteiger partial charge in [0.1, 0.15) is 0 Å². The van der Waals surface area contributed by atoms with Gasteiger partial charge in [0.05, 0.1) is 23.7 Å². The lowest BCUT2D eigenvalue weighted by Crippen LogP contribution is -2.37. The van der Waals surface area contributed by atoms with Crippen molar-refractivity contribution in [3.63, 3.8) is 0 Å². The number of thiophene rings is 1. The first-order valence-corrected chi connectivity index (χ1v) is 8.94. The van der Waals surface area contributed by atoms with E-state index in [1.807, 2.05) is 17.8 Å². The van der Waals surface area contributed by atoms with Crippen LogP contribution in [0.1, 0.15) is 44.9 Å². The number of carbonyl (C=O) groups excluding carboxylic acids is 1. The Hall–Kier alpha value is -1.62. The monoisotopic (exact) mass is 315 g/mol. The quantitative estimate of drug-likeness (QED) is 0.873. The Bertz CT molecular complexity index is 681. The molecular formula is C17H21N3OS. The van der Waals surface area contributed by atoms with Crippen molar-refractivity contribution in [3.05, 3.63) is 39.3 Å². The zero-order valence-corrected chi connectivity index (χ0v) is 13.7. The fourth-order valence-electron chi connectivity index (χ4n) is 3.65. The molecule has 2 aliphatic rings. The smallest absolute Gasteiger partial charge is 0.264 e. The Morgan fingerprint density at radius 1 is 1.41 bits per heavy atom. The highest BCUT2D eigenvalue weighted by Crippen LogP contribution is 2.32. The zero-order valence-electron chi connectivity index (χ0n) is 12.9. The van der Waals surface area contributed by atoms with E-state index < -0.39 is 0 Å². The summed E-state index contributed by atoms with van der Waals surface area (Å²) in [5.74, 6) is 0.228. The molecule has 22 heavy (non-hydrogen) atoms. The van der Waals surface area contributed by atoms with Crippen LogP contribution in [0.4, 0.5) is 0 Å². The van der Waals surface area contributed by atoms with Gasteiger partial charge in [-0.05, 0) is 56.2 Å². The SMILES string of the molecule is Cc1cnn(CC2CCCN2C(=O)c2cc3c(s2)CCC3)c1.